The molecule has 2 N–H and O–H groups in total. The maximum Gasteiger partial charge on any atom is 0.323 e. The van der Waals surface area contributed by atoms with Crippen LogP contribution in [0.5, 0.6) is 11.5 Å². The molecular weight excluding hydrogens is 466 g/mol. The maximum absolute atomic E-state index is 12.5. The Morgan fingerprint density at radius 3 is 1.83 bits per heavy atom. The smallest absolute Gasteiger partial charge is 0.323 e. The topological polar surface area (TPSA) is 131 Å². The summed E-state index contributed by atoms with van der Waals surface area (Å²) in [4.78, 5) is 48.7. The Balaban J connectivity index is 2.92. The SMILES string of the molecule is CCCC(=O)O[C@@H](C)[C@H](C)OC(=O)[C@@H](N)Cc1ccc(OC(=O)CC(C)C)c(OC(=O)CC(C)C)c1. The zero-order valence-corrected chi connectivity index (χ0v) is 22.5. The van der Waals surface area contributed by atoms with E-state index in [2.05, 4.69) is 0 Å². The molecule has 36 heavy (non-hydrogen) atoms. The minimum atomic E-state index is -1.01. The van der Waals surface area contributed by atoms with Crippen LogP contribution >= 0.6 is 0 Å². The largest absolute Gasteiger partial charge is 0.459 e. The Bertz CT molecular complexity index is 896. The molecule has 0 aliphatic rings. The second-order valence-electron chi connectivity index (χ2n) is 9.82. The normalized spacial score (nSPS) is 13.6. The summed E-state index contributed by atoms with van der Waals surface area (Å²) in [5.74, 6) is -1.53. The first-order valence-corrected chi connectivity index (χ1v) is 12.5. The van der Waals surface area contributed by atoms with Crippen LogP contribution in [-0.2, 0) is 35.1 Å². The van der Waals surface area contributed by atoms with E-state index in [9.17, 15) is 19.2 Å². The monoisotopic (exact) mass is 507 g/mol. The standard InChI is InChI=1S/C27H41NO8/c1-8-9-24(29)33-18(6)19(7)34-27(32)21(28)14-20-10-11-22(35-25(30)12-16(2)3)23(15-20)36-26(31)13-17(4)5/h10-11,15-19,21H,8-9,12-14,28H2,1-7H3/t18-,19-,21-/m0/s1. The number of benzene rings is 1. The van der Waals surface area contributed by atoms with Gasteiger partial charge in [0.2, 0.25) is 0 Å². The van der Waals surface area contributed by atoms with Crippen LogP contribution in [0.3, 0.4) is 0 Å². The zero-order chi connectivity index (χ0) is 27.4. The summed E-state index contributed by atoms with van der Waals surface area (Å²) in [7, 11) is 0. The van der Waals surface area contributed by atoms with Crippen LogP contribution in [0, 0.1) is 11.8 Å². The summed E-state index contributed by atoms with van der Waals surface area (Å²) in [5, 5.41) is 0. The predicted molar refractivity (Wildman–Crippen MR) is 134 cm³/mol. The number of carbonyl (C=O) groups is 4. The number of hydrogen-bond donors (Lipinski definition) is 1. The van der Waals surface area contributed by atoms with Crippen molar-refractivity contribution in [3.63, 3.8) is 0 Å². The van der Waals surface area contributed by atoms with Crippen molar-refractivity contribution < 1.29 is 38.1 Å². The van der Waals surface area contributed by atoms with Crippen molar-refractivity contribution in [2.45, 2.75) is 98.8 Å². The summed E-state index contributed by atoms with van der Waals surface area (Å²) in [6.45, 7) is 12.7. The summed E-state index contributed by atoms with van der Waals surface area (Å²) >= 11 is 0. The summed E-state index contributed by atoms with van der Waals surface area (Å²) < 4.78 is 21.5. The second-order valence-corrected chi connectivity index (χ2v) is 9.82. The highest BCUT2D eigenvalue weighted by molar-refractivity contribution is 5.77. The van der Waals surface area contributed by atoms with Gasteiger partial charge in [-0.2, -0.15) is 0 Å². The third kappa shape index (κ3) is 11.7. The van der Waals surface area contributed by atoms with Gasteiger partial charge in [-0.05, 0) is 56.2 Å². The molecule has 0 unspecified atom stereocenters. The lowest BCUT2D eigenvalue weighted by Gasteiger charge is -2.22. The summed E-state index contributed by atoms with van der Waals surface area (Å²) in [5.41, 5.74) is 6.65. The van der Waals surface area contributed by atoms with E-state index in [1.165, 1.54) is 12.1 Å². The lowest BCUT2D eigenvalue weighted by molar-refractivity contribution is -0.166. The van der Waals surface area contributed by atoms with Crippen molar-refractivity contribution in [2.24, 2.45) is 17.6 Å². The van der Waals surface area contributed by atoms with E-state index in [0.717, 1.165) is 0 Å². The Labute approximate surface area is 214 Å². The molecule has 202 valence electrons. The van der Waals surface area contributed by atoms with E-state index >= 15 is 0 Å². The predicted octanol–water partition coefficient (Wildman–Crippen LogP) is 4.12. The van der Waals surface area contributed by atoms with E-state index in [0.29, 0.717) is 12.0 Å². The van der Waals surface area contributed by atoms with E-state index in [-0.39, 0.29) is 55.0 Å². The van der Waals surface area contributed by atoms with Gasteiger partial charge >= 0.3 is 23.9 Å². The van der Waals surface area contributed by atoms with Crippen LogP contribution in [0.25, 0.3) is 0 Å². The molecule has 0 saturated carbocycles. The van der Waals surface area contributed by atoms with Crippen LogP contribution in [0.2, 0.25) is 0 Å². The van der Waals surface area contributed by atoms with Gasteiger partial charge in [0.15, 0.2) is 11.5 Å². The lowest BCUT2D eigenvalue weighted by atomic mass is 10.1. The zero-order valence-electron chi connectivity index (χ0n) is 22.5. The molecule has 0 radical (unpaired) electrons. The first-order chi connectivity index (χ1) is 16.8. The maximum atomic E-state index is 12.5. The second kappa shape index (κ2) is 15.2. The van der Waals surface area contributed by atoms with Gasteiger partial charge in [0.05, 0.1) is 0 Å². The molecule has 1 aromatic carbocycles. The van der Waals surface area contributed by atoms with Gasteiger partial charge in [-0.3, -0.25) is 19.2 Å². The van der Waals surface area contributed by atoms with Gasteiger partial charge in [0.1, 0.15) is 18.2 Å². The lowest BCUT2D eigenvalue weighted by Crippen LogP contribution is -2.39. The fourth-order valence-electron chi connectivity index (χ4n) is 3.11. The quantitative estimate of drug-likeness (QED) is 0.292. The Morgan fingerprint density at radius 1 is 0.778 bits per heavy atom. The van der Waals surface area contributed by atoms with E-state index in [4.69, 9.17) is 24.7 Å². The molecule has 3 atom stereocenters. The molecule has 0 bridgehead atoms. The minimum absolute atomic E-state index is 0.0839. The summed E-state index contributed by atoms with van der Waals surface area (Å²) in [6.07, 6.45) is 0.139. The number of carbonyl (C=O) groups excluding carboxylic acids is 4. The molecule has 0 fully saturated rings. The number of esters is 4. The molecule has 9 heteroatoms. The molecule has 0 aliphatic heterocycles. The van der Waals surface area contributed by atoms with Crippen molar-refractivity contribution in [3.05, 3.63) is 23.8 Å². The average molecular weight is 508 g/mol. The van der Waals surface area contributed by atoms with E-state index < -0.39 is 36.2 Å². The molecule has 9 nitrogen and oxygen atoms in total. The number of ether oxygens (including phenoxy) is 4. The Hall–Kier alpha value is -2.94. The van der Waals surface area contributed by atoms with E-state index in [1.54, 1.807) is 19.9 Å². The molecule has 0 aromatic heterocycles. The van der Waals surface area contributed by atoms with Gasteiger partial charge in [0.25, 0.3) is 0 Å². The van der Waals surface area contributed by atoms with Gasteiger partial charge in [0, 0.05) is 19.3 Å². The van der Waals surface area contributed by atoms with Crippen LogP contribution in [-0.4, -0.2) is 42.1 Å². The van der Waals surface area contributed by atoms with Crippen LogP contribution in [0.1, 0.15) is 79.7 Å². The fraction of sp³-hybridized carbons (Fsp3) is 0.630. The first kappa shape index (κ1) is 31.1. The highest BCUT2D eigenvalue weighted by Gasteiger charge is 2.25. The molecular formula is C27H41NO8. The Kier molecular flexibility index (Phi) is 13.2. The van der Waals surface area contributed by atoms with Crippen molar-refractivity contribution in [2.75, 3.05) is 0 Å². The number of hydrogen-bond acceptors (Lipinski definition) is 9. The van der Waals surface area contributed by atoms with Gasteiger partial charge in [-0.25, -0.2) is 0 Å². The van der Waals surface area contributed by atoms with E-state index in [1.807, 2.05) is 34.6 Å². The van der Waals surface area contributed by atoms with Gasteiger partial charge < -0.3 is 24.7 Å². The minimum Gasteiger partial charge on any atom is -0.459 e. The van der Waals surface area contributed by atoms with Crippen molar-refractivity contribution in [1.29, 1.82) is 0 Å². The highest BCUT2D eigenvalue weighted by atomic mass is 16.6. The van der Waals surface area contributed by atoms with Crippen LogP contribution < -0.4 is 15.2 Å². The first-order valence-electron chi connectivity index (χ1n) is 12.5. The van der Waals surface area contributed by atoms with Gasteiger partial charge in [-0.1, -0.05) is 40.7 Å². The molecule has 0 spiro atoms. The molecule has 0 aliphatic carbocycles. The molecule has 0 amide bonds. The van der Waals surface area contributed by atoms with Crippen molar-refractivity contribution in [1.82, 2.24) is 0 Å². The fourth-order valence-corrected chi connectivity index (χ4v) is 3.11. The third-order valence-corrected chi connectivity index (χ3v) is 5.10. The third-order valence-electron chi connectivity index (χ3n) is 5.10. The van der Waals surface area contributed by atoms with Crippen molar-refractivity contribution >= 4 is 23.9 Å². The summed E-state index contributed by atoms with van der Waals surface area (Å²) in [6, 6.07) is 3.67. The Morgan fingerprint density at radius 2 is 1.31 bits per heavy atom. The number of nitrogens with two attached hydrogens (primary N) is 1. The average Bonchev–Trinajstić information content (AvgIpc) is 2.74. The van der Waals surface area contributed by atoms with Crippen molar-refractivity contribution in [3.8, 4) is 11.5 Å². The number of rotatable bonds is 14. The molecule has 0 heterocycles. The molecule has 1 rings (SSSR count). The molecule has 0 saturated heterocycles. The van der Waals surface area contributed by atoms with Crippen LogP contribution in [0.15, 0.2) is 18.2 Å². The molecule has 1 aromatic rings. The van der Waals surface area contributed by atoms with Crippen LogP contribution in [0.4, 0.5) is 0 Å². The highest BCUT2D eigenvalue weighted by Crippen LogP contribution is 2.30. The van der Waals surface area contributed by atoms with Gasteiger partial charge in [-0.15, -0.1) is 0 Å².